The van der Waals surface area contributed by atoms with Crippen LogP contribution in [-0.4, -0.2) is 29.8 Å². The number of nitrogens with one attached hydrogen (secondary N) is 1. The molecule has 0 heterocycles. The minimum atomic E-state index is -0.212. The van der Waals surface area contributed by atoms with E-state index < -0.39 is 0 Å². The Labute approximate surface area is 107 Å². The maximum Gasteiger partial charge on any atom is 0.255 e. The lowest BCUT2D eigenvalue weighted by Gasteiger charge is -2.35. The third-order valence-corrected chi connectivity index (χ3v) is 3.31. The van der Waals surface area contributed by atoms with E-state index in [1.165, 1.54) is 0 Å². The van der Waals surface area contributed by atoms with E-state index in [1.54, 1.807) is 25.1 Å². The number of carbonyl (C=O) groups excluding carboxylic acids is 1. The molecule has 0 aliphatic heterocycles. The summed E-state index contributed by atoms with van der Waals surface area (Å²) in [6.07, 6.45) is 1.98. The molecule has 0 saturated heterocycles. The van der Waals surface area contributed by atoms with Crippen LogP contribution in [0.3, 0.4) is 0 Å². The normalized spacial score (nSPS) is 22.3. The van der Waals surface area contributed by atoms with Gasteiger partial charge in [-0.1, -0.05) is 12.1 Å². The fourth-order valence-electron chi connectivity index (χ4n) is 2.16. The van der Waals surface area contributed by atoms with E-state index in [0.29, 0.717) is 17.7 Å². The van der Waals surface area contributed by atoms with Crippen LogP contribution in [0.25, 0.3) is 0 Å². The molecule has 1 aromatic carbocycles. The number of carbonyl (C=O) groups is 1. The number of hydrogen-bond acceptors (Lipinski definition) is 3. The number of aryl methyl sites for hydroxylation is 1. The van der Waals surface area contributed by atoms with Crippen molar-refractivity contribution in [1.82, 2.24) is 5.32 Å². The summed E-state index contributed by atoms with van der Waals surface area (Å²) in [5.74, 6) is -0.146. The van der Waals surface area contributed by atoms with Gasteiger partial charge in [0.2, 0.25) is 0 Å². The molecule has 2 rings (SSSR count). The molecule has 1 aromatic rings. The monoisotopic (exact) mass is 249 g/mol. The van der Waals surface area contributed by atoms with Gasteiger partial charge < -0.3 is 15.2 Å². The summed E-state index contributed by atoms with van der Waals surface area (Å²) in [6, 6.07) is 5.35. The Balaban J connectivity index is 1.91. The largest absolute Gasteiger partial charge is 0.507 e. The molecule has 1 amide bonds. The Morgan fingerprint density at radius 3 is 2.89 bits per heavy atom. The molecule has 0 aromatic heterocycles. The number of ether oxygens (including phenoxy) is 1. The summed E-state index contributed by atoms with van der Waals surface area (Å²) >= 11 is 0. The Kier molecular flexibility index (Phi) is 3.87. The van der Waals surface area contributed by atoms with Gasteiger partial charge >= 0.3 is 0 Å². The van der Waals surface area contributed by atoms with Gasteiger partial charge in [0, 0.05) is 12.6 Å². The molecule has 1 aliphatic carbocycles. The zero-order valence-electron chi connectivity index (χ0n) is 10.8. The van der Waals surface area contributed by atoms with Gasteiger partial charge in [-0.05, 0) is 38.3 Å². The van der Waals surface area contributed by atoms with Crippen LogP contribution in [0.5, 0.6) is 5.75 Å². The fraction of sp³-hybridized carbons (Fsp3) is 0.500. The molecule has 1 aliphatic rings. The minimum Gasteiger partial charge on any atom is -0.507 e. The van der Waals surface area contributed by atoms with Crippen molar-refractivity contribution in [3.63, 3.8) is 0 Å². The van der Waals surface area contributed by atoms with Crippen LogP contribution in [0.15, 0.2) is 18.2 Å². The molecule has 1 fully saturated rings. The van der Waals surface area contributed by atoms with Crippen molar-refractivity contribution in [2.45, 2.75) is 38.8 Å². The molecule has 0 spiro atoms. The molecule has 2 N–H and O–H groups in total. The molecule has 18 heavy (non-hydrogen) atoms. The van der Waals surface area contributed by atoms with Gasteiger partial charge in [0.1, 0.15) is 5.75 Å². The molecule has 1 saturated carbocycles. The Morgan fingerprint density at radius 2 is 2.22 bits per heavy atom. The van der Waals surface area contributed by atoms with Gasteiger partial charge in [0.15, 0.2) is 0 Å². The maximum absolute atomic E-state index is 12.0. The lowest BCUT2D eigenvalue weighted by molar-refractivity contribution is -0.00864. The van der Waals surface area contributed by atoms with Gasteiger partial charge in [-0.3, -0.25) is 4.79 Å². The standard InChI is InChI=1S/C14H19NO3/c1-3-18-11-7-10(8-11)15-14(17)12-6-4-5-9(2)13(12)16/h4-6,10-11,16H,3,7-8H2,1-2H3,(H,15,17). The summed E-state index contributed by atoms with van der Waals surface area (Å²) in [5, 5.41) is 12.7. The molecular weight excluding hydrogens is 230 g/mol. The molecule has 0 unspecified atom stereocenters. The lowest BCUT2D eigenvalue weighted by Crippen LogP contribution is -2.47. The highest BCUT2D eigenvalue weighted by Crippen LogP contribution is 2.25. The summed E-state index contributed by atoms with van der Waals surface area (Å²) in [4.78, 5) is 12.0. The van der Waals surface area contributed by atoms with Crippen LogP contribution >= 0.6 is 0 Å². The Morgan fingerprint density at radius 1 is 1.50 bits per heavy atom. The van der Waals surface area contributed by atoms with Crippen LogP contribution in [0, 0.1) is 6.92 Å². The zero-order valence-corrected chi connectivity index (χ0v) is 10.8. The van der Waals surface area contributed by atoms with E-state index in [-0.39, 0.29) is 23.8 Å². The second-order valence-electron chi connectivity index (χ2n) is 4.69. The van der Waals surface area contributed by atoms with Crippen molar-refractivity contribution in [1.29, 1.82) is 0 Å². The van der Waals surface area contributed by atoms with Gasteiger partial charge in [0.05, 0.1) is 11.7 Å². The van der Waals surface area contributed by atoms with Crippen LogP contribution in [0.1, 0.15) is 35.7 Å². The number of hydrogen-bond donors (Lipinski definition) is 2. The van der Waals surface area contributed by atoms with E-state index in [2.05, 4.69) is 5.32 Å². The second-order valence-corrected chi connectivity index (χ2v) is 4.69. The molecule has 0 radical (unpaired) electrons. The van der Waals surface area contributed by atoms with E-state index >= 15 is 0 Å². The van der Waals surface area contributed by atoms with Crippen molar-refractivity contribution in [2.24, 2.45) is 0 Å². The molecule has 4 nitrogen and oxygen atoms in total. The van der Waals surface area contributed by atoms with E-state index in [4.69, 9.17) is 4.74 Å². The number of benzene rings is 1. The average Bonchev–Trinajstić information content (AvgIpc) is 2.30. The van der Waals surface area contributed by atoms with Crippen molar-refractivity contribution in [3.8, 4) is 5.75 Å². The Bertz CT molecular complexity index is 439. The van der Waals surface area contributed by atoms with Crippen molar-refractivity contribution in [3.05, 3.63) is 29.3 Å². The zero-order chi connectivity index (χ0) is 13.1. The number of amides is 1. The second kappa shape index (κ2) is 5.40. The first-order valence-corrected chi connectivity index (χ1v) is 6.32. The predicted octanol–water partition coefficient (Wildman–Crippen LogP) is 2.00. The highest BCUT2D eigenvalue weighted by atomic mass is 16.5. The average molecular weight is 249 g/mol. The predicted molar refractivity (Wildman–Crippen MR) is 68.7 cm³/mol. The molecular formula is C14H19NO3. The van der Waals surface area contributed by atoms with Crippen LogP contribution in [0.4, 0.5) is 0 Å². The summed E-state index contributed by atoms with van der Waals surface area (Å²) in [5.41, 5.74) is 1.05. The molecule has 4 heteroatoms. The SMILES string of the molecule is CCOC1CC(NC(=O)c2cccc(C)c2O)C1. The highest BCUT2D eigenvalue weighted by molar-refractivity contribution is 5.97. The summed E-state index contributed by atoms with van der Waals surface area (Å²) in [6.45, 7) is 4.46. The van der Waals surface area contributed by atoms with Gasteiger partial charge in [-0.25, -0.2) is 0 Å². The lowest BCUT2D eigenvalue weighted by atomic mass is 9.89. The maximum atomic E-state index is 12.0. The highest BCUT2D eigenvalue weighted by Gasteiger charge is 2.31. The molecule has 0 atom stereocenters. The quantitative estimate of drug-likeness (QED) is 0.858. The number of rotatable bonds is 4. The molecule has 98 valence electrons. The number of phenols is 1. The van der Waals surface area contributed by atoms with Gasteiger partial charge in [-0.2, -0.15) is 0 Å². The number of aromatic hydroxyl groups is 1. The van der Waals surface area contributed by atoms with Crippen molar-refractivity contribution >= 4 is 5.91 Å². The Hall–Kier alpha value is -1.55. The van der Waals surface area contributed by atoms with Crippen LogP contribution in [-0.2, 0) is 4.74 Å². The number of phenolic OH excluding ortho intramolecular Hbond substituents is 1. The summed E-state index contributed by atoms with van der Waals surface area (Å²) in [7, 11) is 0. The smallest absolute Gasteiger partial charge is 0.255 e. The summed E-state index contributed by atoms with van der Waals surface area (Å²) < 4.78 is 5.44. The van der Waals surface area contributed by atoms with Gasteiger partial charge in [-0.15, -0.1) is 0 Å². The van der Waals surface area contributed by atoms with Crippen molar-refractivity contribution in [2.75, 3.05) is 6.61 Å². The third kappa shape index (κ3) is 2.64. The number of para-hydroxylation sites is 1. The van der Waals surface area contributed by atoms with E-state index in [0.717, 1.165) is 12.8 Å². The molecule has 0 bridgehead atoms. The van der Waals surface area contributed by atoms with Crippen molar-refractivity contribution < 1.29 is 14.6 Å². The topological polar surface area (TPSA) is 58.6 Å². The first-order valence-electron chi connectivity index (χ1n) is 6.32. The third-order valence-electron chi connectivity index (χ3n) is 3.31. The van der Waals surface area contributed by atoms with Crippen LogP contribution in [0.2, 0.25) is 0 Å². The first-order chi connectivity index (χ1) is 8.61. The first kappa shape index (κ1) is 12.9. The van der Waals surface area contributed by atoms with Crippen LogP contribution < -0.4 is 5.32 Å². The van der Waals surface area contributed by atoms with E-state index in [1.807, 2.05) is 6.92 Å². The minimum absolute atomic E-state index is 0.0654. The van der Waals surface area contributed by atoms with Gasteiger partial charge in [0.25, 0.3) is 5.91 Å². The fourth-order valence-corrected chi connectivity index (χ4v) is 2.16. The van der Waals surface area contributed by atoms with E-state index in [9.17, 15) is 9.90 Å².